The minimum Gasteiger partial charge on any atom is -0.382 e. The van der Waals surface area contributed by atoms with E-state index in [0.717, 1.165) is 24.1 Å². The van der Waals surface area contributed by atoms with E-state index < -0.39 is 0 Å². The molecule has 0 aliphatic carbocycles. The number of benzene rings is 2. The lowest BCUT2D eigenvalue weighted by Crippen LogP contribution is -2.33. The van der Waals surface area contributed by atoms with Crippen LogP contribution in [0, 0.1) is 0 Å². The molecule has 2 N–H and O–H groups in total. The molecule has 0 unspecified atom stereocenters. The van der Waals surface area contributed by atoms with E-state index in [1.807, 2.05) is 30.3 Å². The summed E-state index contributed by atoms with van der Waals surface area (Å²) in [6, 6.07) is 17.1. The largest absolute Gasteiger partial charge is 0.382 e. The minimum atomic E-state index is -0.168. The SMILES string of the molecule is C=C(NC[C@H]1CC[C@@H](CNC(=O)c2ccccc2Cl)O1)c1ccccc1. The van der Waals surface area contributed by atoms with E-state index in [4.69, 9.17) is 16.3 Å². The second-order valence-corrected chi connectivity index (χ2v) is 6.78. The average molecular weight is 371 g/mol. The van der Waals surface area contributed by atoms with Gasteiger partial charge in [-0.1, -0.05) is 60.6 Å². The Morgan fingerprint density at radius 1 is 1.00 bits per heavy atom. The summed E-state index contributed by atoms with van der Waals surface area (Å²) in [5.74, 6) is -0.168. The summed E-state index contributed by atoms with van der Waals surface area (Å²) in [6.45, 7) is 5.27. The highest BCUT2D eigenvalue weighted by Gasteiger charge is 2.25. The molecule has 1 amide bonds. The summed E-state index contributed by atoms with van der Waals surface area (Å²) in [6.07, 6.45) is 2.03. The van der Waals surface area contributed by atoms with Gasteiger partial charge in [0, 0.05) is 18.8 Å². The molecule has 5 heteroatoms. The van der Waals surface area contributed by atoms with E-state index in [0.29, 0.717) is 23.7 Å². The van der Waals surface area contributed by atoms with Crippen LogP contribution in [0.15, 0.2) is 61.2 Å². The number of rotatable bonds is 7. The fourth-order valence-electron chi connectivity index (χ4n) is 3.01. The molecule has 1 heterocycles. The van der Waals surface area contributed by atoms with Crippen molar-refractivity contribution in [1.82, 2.24) is 10.6 Å². The zero-order valence-electron chi connectivity index (χ0n) is 14.6. The van der Waals surface area contributed by atoms with Crippen molar-refractivity contribution in [2.24, 2.45) is 0 Å². The van der Waals surface area contributed by atoms with Crippen molar-refractivity contribution in [3.05, 3.63) is 77.3 Å². The van der Waals surface area contributed by atoms with Gasteiger partial charge in [-0.15, -0.1) is 0 Å². The standard InChI is InChI=1S/C21H23ClN2O2/c1-15(16-7-3-2-4-8-16)23-13-17-11-12-18(26-17)14-24-21(25)19-9-5-6-10-20(19)22/h2-10,17-18,23H,1,11-14H2,(H,24,25)/t17-,18+/m1/s1. The van der Waals surface area contributed by atoms with Gasteiger partial charge in [0.15, 0.2) is 0 Å². The topological polar surface area (TPSA) is 50.4 Å². The first-order valence-electron chi connectivity index (χ1n) is 8.80. The molecule has 0 spiro atoms. The lowest BCUT2D eigenvalue weighted by molar-refractivity contribution is 0.0463. The molecule has 1 fully saturated rings. The number of carbonyl (C=O) groups excluding carboxylic acids is 1. The normalized spacial score (nSPS) is 19.1. The summed E-state index contributed by atoms with van der Waals surface area (Å²) in [4.78, 5) is 12.2. The van der Waals surface area contributed by atoms with E-state index in [1.54, 1.807) is 24.3 Å². The maximum atomic E-state index is 12.2. The summed E-state index contributed by atoms with van der Waals surface area (Å²) in [5.41, 5.74) is 2.46. The lowest BCUT2D eigenvalue weighted by Gasteiger charge is -2.17. The van der Waals surface area contributed by atoms with Gasteiger partial charge in [0.25, 0.3) is 5.91 Å². The van der Waals surface area contributed by atoms with E-state index >= 15 is 0 Å². The monoisotopic (exact) mass is 370 g/mol. The van der Waals surface area contributed by atoms with Gasteiger partial charge in [-0.25, -0.2) is 0 Å². The van der Waals surface area contributed by atoms with Crippen molar-refractivity contribution < 1.29 is 9.53 Å². The maximum absolute atomic E-state index is 12.2. The zero-order chi connectivity index (χ0) is 18.4. The van der Waals surface area contributed by atoms with E-state index in [9.17, 15) is 4.79 Å². The number of ether oxygens (including phenoxy) is 1. The van der Waals surface area contributed by atoms with Crippen molar-refractivity contribution in [2.45, 2.75) is 25.0 Å². The number of carbonyl (C=O) groups is 1. The highest BCUT2D eigenvalue weighted by molar-refractivity contribution is 6.33. The molecule has 1 aliphatic rings. The molecule has 2 aromatic carbocycles. The van der Waals surface area contributed by atoms with Crippen molar-refractivity contribution >= 4 is 23.2 Å². The Balaban J connectivity index is 1.41. The van der Waals surface area contributed by atoms with Crippen LogP contribution in [0.2, 0.25) is 5.02 Å². The Hall–Kier alpha value is -2.30. The van der Waals surface area contributed by atoms with Crippen LogP contribution in [0.1, 0.15) is 28.8 Å². The smallest absolute Gasteiger partial charge is 0.252 e. The Kier molecular flexibility index (Phi) is 6.31. The predicted octanol–water partition coefficient (Wildman–Crippen LogP) is 3.88. The number of hydrogen-bond acceptors (Lipinski definition) is 3. The minimum absolute atomic E-state index is 0.0261. The molecular formula is C21H23ClN2O2. The zero-order valence-corrected chi connectivity index (χ0v) is 15.3. The number of halogens is 1. The quantitative estimate of drug-likeness (QED) is 0.777. The molecule has 4 nitrogen and oxygen atoms in total. The molecule has 0 radical (unpaired) electrons. The first kappa shape index (κ1) is 18.5. The molecule has 2 aromatic rings. The number of nitrogens with one attached hydrogen (secondary N) is 2. The molecule has 2 atom stereocenters. The second kappa shape index (κ2) is 8.88. The first-order chi connectivity index (χ1) is 12.6. The van der Waals surface area contributed by atoms with Crippen LogP contribution in [0.3, 0.4) is 0 Å². The molecule has 1 saturated heterocycles. The summed E-state index contributed by atoms with van der Waals surface area (Å²) >= 11 is 6.05. The molecule has 136 valence electrons. The van der Waals surface area contributed by atoms with Gasteiger partial charge in [-0.3, -0.25) is 4.79 Å². The Labute approximate surface area is 159 Å². The van der Waals surface area contributed by atoms with Gasteiger partial charge in [0.2, 0.25) is 0 Å². The highest BCUT2D eigenvalue weighted by Crippen LogP contribution is 2.20. The summed E-state index contributed by atoms with van der Waals surface area (Å²) < 4.78 is 6.01. The van der Waals surface area contributed by atoms with Crippen molar-refractivity contribution in [1.29, 1.82) is 0 Å². The molecule has 3 rings (SSSR count). The average Bonchev–Trinajstić information content (AvgIpc) is 3.13. The van der Waals surface area contributed by atoms with Crippen LogP contribution < -0.4 is 10.6 Å². The van der Waals surface area contributed by atoms with Crippen LogP contribution in [-0.2, 0) is 4.74 Å². The van der Waals surface area contributed by atoms with Crippen LogP contribution in [0.5, 0.6) is 0 Å². The summed E-state index contributed by atoms with van der Waals surface area (Å²) in [7, 11) is 0. The third kappa shape index (κ3) is 4.87. The number of amides is 1. The number of hydrogen-bond donors (Lipinski definition) is 2. The Morgan fingerprint density at radius 2 is 1.62 bits per heavy atom. The molecule has 1 aliphatic heterocycles. The Morgan fingerprint density at radius 3 is 2.31 bits per heavy atom. The molecule has 0 bridgehead atoms. The van der Waals surface area contributed by atoms with E-state index in [2.05, 4.69) is 17.2 Å². The van der Waals surface area contributed by atoms with Gasteiger partial charge < -0.3 is 15.4 Å². The fraction of sp³-hybridized carbons (Fsp3) is 0.286. The van der Waals surface area contributed by atoms with Crippen LogP contribution in [-0.4, -0.2) is 31.2 Å². The first-order valence-corrected chi connectivity index (χ1v) is 9.17. The van der Waals surface area contributed by atoms with E-state index in [-0.39, 0.29) is 18.1 Å². The Bertz CT molecular complexity index is 764. The predicted molar refractivity (Wildman–Crippen MR) is 105 cm³/mol. The highest BCUT2D eigenvalue weighted by atomic mass is 35.5. The van der Waals surface area contributed by atoms with Gasteiger partial charge in [-0.2, -0.15) is 0 Å². The van der Waals surface area contributed by atoms with Gasteiger partial charge >= 0.3 is 0 Å². The van der Waals surface area contributed by atoms with Gasteiger partial charge in [0.05, 0.1) is 22.8 Å². The third-order valence-corrected chi connectivity index (χ3v) is 4.80. The molecule has 0 saturated carbocycles. The summed E-state index contributed by atoms with van der Waals surface area (Å²) in [5, 5.41) is 6.70. The second-order valence-electron chi connectivity index (χ2n) is 6.37. The lowest BCUT2D eigenvalue weighted by atomic mass is 10.1. The molecule has 0 aromatic heterocycles. The third-order valence-electron chi connectivity index (χ3n) is 4.47. The van der Waals surface area contributed by atoms with Crippen molar-refractivity contribution in [3.8, 4) is 0 Å². The molecular weight excluding hydrogens is 348 g/mol. The van der Waals surface area contributed by atoms with Crippen molar-refractivity contribution in [3.63, 3.8) is 0 Å². The van der Waals surface area contributed by atoms with Gasteiger partial charge in [-0.05, 0) is 30.5 Å². The van der Waals surface area contributed by atoms with E-state index in [1.165, 1.54) is 0 Å². The van der Waals surface area contributed by atoms with Crippen LogP contribution in [0.4, 0.5) is 0 Å². The van der Waals surface area contributed by atoms with Crippen molar-refractivity contribution in [2.75, 3.05) is 13.1 Å². The molecule has 26 heavy (non-hydrogen) atoms. The van der Waals surface area contributed by atoms with Gasteiger partial charge in [0.1, 0.15) is 0 Å². The fourth-order valence-corrected chi connectivity index (χ4v) is 3.23. The maximum Gasteiger partial charge on any atom is 0.252 e. The van der Waals surface area contributed by atoms with Crippen LogP contribution in [0.25, 0.3) is 5.70 Å². The van der Waals surface area contributed by atoms with Crippen LogP contribution >= 0.6 is 11.6 Å².